The highest BCUT2D eigenvalue weighted by atomic mass is 79.9. The van der Waals surface area contributed by atoms with Crippen LogP contribution in [0.4, 0.5) is 4.39 Å². The van der Waals surface area contributed by atoms with Crippen LogP contribution < -0.4 is 4.74 Å². The second kappa shape index (κ2) is 8.67. The standard InChI is InChI=1S/C18H19BrFNO2/c1-21(13-14-6-2-3-9-17(14)20)18(22)10-5-11-23-16-8-4-7-15(19)12-16/h2-4,6-9,12H,5,10-11,13H2,1H3. The summed E-state index contributed by atoms with van der Waals surface area (Å²) in [5.74, 6) is 0.461. The van der Waals surface area contributed by atoms with Gasteiger partial charge in [0.05, 0.1) is 6.61 Å². The van der Waals surface area contributed by atoms with Crippen LogP contribution in [-0.4, -0.2) is 24.5 Å². The van der Waals surface area contributed by atoms with Crippen molar-refractivity contribution >= 4 is 21.8 Å². The quantitative estimate of drug-likeness (QED) is 0.667. The first-order chi connectivity index (χ1) is 11.1. The van der Waals surface area contributed by atoms with Crippen LogP contribution in [0.2, 0.25) is 0 Å². The Bertz CT molecular complexity index is 663. The number of halogens is 2. The third-order valence-corrected chi connectivity index (χ3v) is 3.88. The zero-order valence-corrected chi connectivity index (χ0v) is 14.6. The van der Waals surface area contributed by atoms with E-state index < -0.39 is 0 Å². The van der Waals surface area contributed by atoms with Crippen LogP contribution in [0.15, 0.2) is 53.0 Å². The molecule has 0 bridgehead atoms. The molecule has 0 aliphatic carbocycles. The fraction of sp³-hybridized carbons (Fsp3) is 0.278. The van der Waals surface area contributed by atoms with Crippen LogP contribution in [0.25, 0.3) is 0 Å². The van der Waals surface area contributed by atoms with Crippen molar-refractivity contribution in [3.63, 3.8) is 0 Å². The SMILES string of the molecule is CN(Cc1ccccc1F)C(=O)CCCOc1cccc(Br)c1. The lowest BCUT2D eigenvalue weighted by Gasteiger charge is -2.17. The Morgan fingerprint density at radius 2 is 2.00 bits per heavy atom. The summed E-state index contributed by atoms with van der Waals surface area (Å²) in [6, 6.07) is 14.1. The van der Waals surface area contributed by atoms with Crippen molar-refractivity contribution in [2.75, 3.05) is 13.7 Å². The number of amides is 1. The molecule has 0 radical (unpaired) electrons. The summed E-state index contributed by atoms with van der Waals surface area (Å²) in [4.78, 5) is 13.6. The maximum Gasteiger partial charge on any atom is 0.222 e. The first kappa shape index (κ1) is 17.5. The summed E-state index contributed by atoms with van der Waals surface area (Å²) in [5, 5.41) is 0. The molecule has 0 heterocycles. The highest BCUT2D eigenvalue weighted by molar-refractivity contribution is 9.10. The molecule has 0 saturated carbocycles. The van der Waals surface area contributed by atoms with Crippen LogP contribution in [0, 0.1) is 5.82 Å². The predicted molar refractivity (Wildman–Crippen MR) is 91.7 cm³/mol. The van der Waals surface area contributed by atoms with Gasteiger partial charge >= 0.3 is 0 Å². The Labute approximate surface area is 144 Å². The molecular formula is C18H19BrFNO2. The van der Waals surface area contributed by atoms with Gasteiger partial charge in [0.1, 0.15) is 11.6 Å². The Balaban J connectivity index is 1.73. The molecule has 0 spiro atoms. The van der Waals surface area contributed by atoms with Crippen molar-refractivity contribution in [2.24, 2.45) is 0 Å². The lowest BCUT2D eigenvalue weighted by atomic mass is 10.2. The molecular weight excluding hydrogens is 361 g/mol. The number of benzene rings is 2. The maximum atomic E-state index is 13.6. The summed E-state index contributed by atoms with van der Waals surface area (Å²) >= 11 is 3.38. The molecule has 122 valence electrons. The van der Waals surface area contributed by atoms with Gasteiger partial charge in [-0.2, -0.15) is 0 Å². The lowest BCUT2D eigenvalue weighted by molar-refractivity contribution is -0.130. The normalized spacial score (nSPS) is 10.4. The highest BCUT2D eigenvalue weighted by Gasteiger charge is 2.11. The van der Waals surface area contributed by atoms with Gasteiger partial charge in [0.2, 0.25) is 5.91 Å². The second-order valence-electron chi connectivity index (χ2n) is 5.25. The molecule has 1 amide bonds. The van der Waals surface area contributed by atoms with E-state index >= 15 is 0 Å². The molecule has 0 aromatic heterocycles. The first-order valence-electron chi connectivity index (χ1n) is 7.42. The zero-order valence-electron chi connectivity index (χ0n) is 13.0. The first-order valence-corrected chi connectivity index (χ1v) is 8.21. The number of hydrogen-bond acceptors (Lipinski definition) is 2. The number of rotatable bonds is 7. The molecule has 0 aliphatic heterocycles. The van der Waals surface area contributed by atoms with Crippen molar-refractivity contribution in [1.82, 2.24) is 4.90 Å². The van der Waals surface area contributed by atoms with Crippen molar-refractivity contribution in [1.29, 1.82) is 0 Å². The van der Waals surface area contributed by atoms with Crippen LogP contribution in [0.5, 0.6) is 5.75 Å². The van der Waals surface area contributed by atoms with E-state index in [1.54, 1.807) is 25.2 Å². The van der Waals surface area contributed by atoms with Gasteiger partial charge in [0.15, 0.2) is 0 Å². The molecule has 3 nitrogen and oxygen atoms in total. The summed E-state index contributed by atoms with van der Waals surface area (Å²) in [7, 11) is 1.68. The van der Waals surface area contributed by atoms with Gasteiger partial charge in [-0.15, -0.1) is 0 Å². The van der Waals surface area contributed by atoms with Crippen molar-refractivity contribution in [3.05, 3.63) is 64.4 Å². The molecule has 2 rings (SSSR count). The topological polar surface area (TPSA) is 29.5 Å². The molecule has 0 fully saturated rings. The van der Waals surface area contributed by atoms with E-state index in [2.05, 4.69) is 15.9 Å². The van der Waals surface area contributed by atoms with Crippen LogP contribution in [0.1, 0.15) is 18.4 Å². The van der Waals surface area contributed by atoms with Crippen LogP contribution in [0.3, 0.4) is 0 Å². The predicted octanol–water partition coefficient (Wildman–Crippen LogP) is 4.41. The van der Waals surface area contributed by atoms with Crippen molar-refractivity contribution in [2.45, 2.75) is 19.4 Å². The smallest absolute Gasteiger partial charge is 0.222 e. The third kappa shape index (κ3) is 5.67. The van der Waals surface area contributed by atoms with E-state index in [0.29, 0.717) is 25.0 Å². The second-order valence-corrected chi connectivity index (χ2v) is 6.17. The Kier molecular flexibility index (Phi) is 6.59. The largest absolute Gasteiger partial charge is 0.494 e. The minimum atomic E-state index is -0.287. The average Bonchev–Trinajstić information content (AvgIpc) is 2.53. The zero-order chi connectivity index (χ0) is 16.7. The van der Waals surface area contributed by atoms with E-state index in [9.17, 15) is 9.18 Å². The van der Waals surface area contributed by atoms with Gasteiger partial charge in [0.25, 0.3) is 0 Å². The third-order valence-electron chi connectivity index (χ3n) is 3.39. The minimum absolute atomic E-state index is 0.0221. The number of ether oxygens (including phenoxy) is 1. The number of hydrogen-bond donors (Lipinski definition) is 0. The van der Waals surface area contributed by atoms with Gasteiger partial charge in [-0.1, -0.05) is 40.2 Å². The minimum Gasteiger partial charge on any atom is -0.494 e. The summed E-state index contributed by atoms with van der Waals surface area (Å²) in [6.07, 6.45) is 0.992. The Morgan fingerprint density at radius 3 is 2.74 bits per heavy atom. The maximum absolute atomic E-state index is 13.6. The molecule has 2 aromatic carbocycles. The average molecular weight is 380 g/mol. The number of carbonyl (C=O) groups excluding carboxylic acids is 1. The molecule has 0 saturated heterocycles. The van der Waals surface area contributed by atoms with E-state index in [1.807, 2.05) is 24.3 Å². The van der Waals surface area contributed by atoms with Gasteiger partial charge < -0.3 is 9.64 Å². The van der Waals surface area contributed by atoms with Gasteiger partial charge in [-0.25, -0.2) is 4.39 Å². The number of carbonyl (C=O) groups is 1. The molecule has 2 aromatic rings. The summed E-state index contributed by atoms with van der Waals surface area (Å²) in [5.41, 5.74) is 0.522. The monoisotopic (exact) mass is 379 g/mol. The molecule has 5 heteroatoms. The Hall–Kier alpha value is -1.88. The lowest BCUT2D eigenvalue weighted by Crippen LogP contribution is -2.26. The summed E-state index contributed by atoms with van der Waals surface area (Å²) < 4.78 is 20.1. The van der Waals surface area contributed by atoms with Crippen molar-refractivity contribution in [3.8, 4) is 5.75 Å². The van der Waals surface area contributed by atoms with Gasteiger partial charge in [0, 0.05) is 30.0 Å². The summed E-state index contributed by atoms with van der Waals surface area (Å²) in [6.45, 7) is 0.744. The fourth-order valence-electron chi connectivity index (χ4n) is 2.13. The van der Waals surface area contributed by atoms with Crippen LogP contribution in [-0.2, 0) is 11.3 Å². The molecule has 0 aliphatic rings. The van der Waals surface area contributed by atoms with E-state index in [1.165, 1.54) is 11.0 Å². The number of nitrogens with zero attached hydrogens (tertiary/aromatic N) is 1. The Morgan fingerprint density at radius 1 is 1.22 bits per heavy atom. The molecule has 0 N–H and O–H groups in total. The van der Waals surface area contributed by atoms with E-state index in [-0.39, 0.29) is 18.3 Å². The molecule has 0 unspecified atom stereocenters. The molecule has 0 atom stereocenters. The van der Waals surface area contributed by atoms with Gasteiger partial charge in [-0.3, -0.25) is 4.79 Å². The van der Waals surface area contributed by atoms with Gasteiger partial charge in [-0.05, 0) is 30.7 Å². The van der Waals surface area contributed by atoms with E-state index in [4.69, 9.17) is 4.74 Å². The van der Waals surface area contributed by atoms with Crippen LogP contribution >= 0.6 is 15.9 Å². The van der Waals surface area contributed by atoms with E-state index in [0.717, 1.165) is 10.2 Å². The highest BCUT2D eigenvalue weighted by Crippen LogP contribution is 2.18. The van der Waals surface area contributed by atoms with Crippen molar-refractivity contribution < 1.29 is 13.9 Å². The fourth-order valence-corrected chi connectivity index (χ4v) is 2.51. The molecule has 23 heavy (non-hydrogen) atoms.